The molecule has 80 valence electrons. The van der Waals surface area contributed by atoms with E-state index in [4.69, 9.17) is 9.47 Å². The fraction of sp³-hybridized carbons (Fsp3) is 1.00. The van der Waals surface area contributed by atoms with E-state index < -0.39 is 0 Å². The summed E-state index contributed by atoms with van der Waals surface area (Å²) >= 11 is 0. The second-order valence-corrected chi connectivity index (χ2v) is 3.50. The fourth-order valence-electron chi connectivity index (χ4n) is 1.09. The highest BCUT2D eigenvalue weighted by Gasteiger charge is 2.06. The molecule has 0 saturated heterocycles. The molecule has 0 spiro atoms. The summed E-state index contributed by atoms with van der Waals surface area (Å²) < 4.78 is 10.5. The molecule has 0 saturated carbocycles. The number of hydrogen-bond acceptors (Lipinski definition) is 3. The van der Waals surface area contributed by atoms with Crippen molar-refractivity contribution in [1.29, 1.82) is 0 Å². The SMILES string of the molecule is CNC(CCCOC)COC(C)C. The Morgan fingerprint density at radius 2 is 2.00 bits per heavy atom. The third kappa shape index (κ3) is 8.22. The van der Waals surface area contributed by atoms with Gasteiger partial charge in [0.2, 0.25) is 0 Å². The minimum atomic E-state index is 0.318. The van der Waals surface area contributed by atoms with Gasteiger partial charge < -0.3 is 14.8 Å². The molecule has 0 rings (SSSR count). The average Bonchev–Trinajstić information content (AvgIpc) is 2.10. The van der Waals surface area contributed by atoms with E-state index in [1.807, 2.05) is 7.05 Å². The van der Waals surface area contributed by atoms with Crippen LogP contribution in [0.5, 0.6) is 0 Å². The lowest BCUT2D eigenvalue weighted by Gasteiger charge is -2.17. The molecule has 0 heterocycles. The average molecular weight is 189 g/mol. The molecule has 0 aliphatic carbocycles. The summed E-state index contributed by atoms with van der Waals surface area (Å²) in [5.41, 5.74) is 0. The van der Waals surface area contributed by atoms with Crippen LogP contribution in [-0.2, 0) is 9.47 Å². The van der Waals surface area contributed by atoms with Crippen molar-refractivity contribution in [2.24, 2.45) is 0 Å². The minimum absolute atomic E-state index is 0.318. The van der Waals surface area contributed by atoms with Gasteiger partial charge in [-0.1, -0.05) is 0 Å². The van der Waals surface area contributed by atoms with Gasteiger partial charge in [-0.05, 0) is 33.7 Å². The fourth-order valence-corrected chi connectivity index (χ4v) is 1.09. The highest BCUT2D eigenvalue weighted by molar-refractivity contribution is 4.63. The van der Waals surface area contributed by atoms with E-state index in [9.17, 15) is 0 Å². The maximum atomic E-state index is 5.52. The van der Waals surface area contributed by atoms with Crippen LogP contribution < -0.4 is 5.32 Å². The Morgan fingerprint density at radius 3 is 2.46 bits per heavy atom. The molecular weight excluding hydrogens is 166 g/mol. The quantitative estimate of drug-likeness (QED) is 0.586. The van der Waals surface area contributed by atoms with Crippen molar-refractivity contribution < 1.29 is 9.47 Å². The normalized spacial score (nSPS) is 13.6. The summed E-state index contributed by atoms with van der Waals surface area (Å²) in [5, 5.41) is 3.24. The molecule has 3 nitrogen and oxygen atoms in total. The number of ether oxygens (including phenoxy) is 2. The second-order valence-electron chi connectivity index (χ2n) is 3.50. The highest BCUT2D eigenvalue weighted by Crippen LogP contribution is 1.99. The van der Waals surface area contributed by atoms with Gasteiger partial charge in [0.05, 0.1) is 12.7 Å². The maximum Gasteiger partial charge on any atom is 0.0622 e. The van der Waals surface area contributed by atoms with Crippen LogP contribution >= 0.6 is 0 Å². The third-order valence-corrected chi connectivity index (χ3v) is 1.94. The predicted octanol–water partition coefficient (Wildman–Crippen LogP) is 1.43. The zero-order chi connectivity index (χ0) is 10.1. The van der Waals surface area contributed by atoms with Gasteiger partial charge in [-0.2, -0.15) is 0 Å². The Hall–Kier alpha value is -0.120. The molecule has 0 amide bonds. The van der Waals surface area contributed by atoms with Crippen molar-refractivity contribution in [2.75, 3.05) is 27.4 Å². The van der Waals surface area contributed by atoms with Crippen LogP contribution in [0.3, 0.4) is 0 Å². The molecule has 0 radical (unpaired) electrons. The monoisotopic (exact) mass is 189 g/mol. The van der Waals surface area contributed by atoms with E-state index >= 15 is 0 Å². The molecular formula is C10H23NO2. The van der Waals surface area contributed by atoms with Crippen molar-refractivity contribution in [1.82, 2.24) is 5.32 Å². The molecule has 0 aromatic carbocycles. The smallest absolute Gasteiger partial charge is 0.0622 e. The van der Waals surface area contributed by atoms with Crippen LogP contribution in [0.4, 0.5) is 0 Å². The molecule has 0 bridgehead atoms. The summed E-state index contributed by atoms with van der Waals surface area (Å²) in [6.07, 6.45) is 2.51. The first kappa shape index (κ1) is 12.9. The lowest BCUT2D eigenvalue weighted by Crippen LogP contribution is -2.31. The first-order valence-corrected chi connectivity index (χ1v) is 4.98. The molecule has 1 unspecified atom stereocenters. The Bertz CT molecular complexity index is 107. The Kier molecular flexibility index (Phi) is 8.40. The number of rotatable bonds is 8. The predicted molar refractivity (Wildman–Crippen MR) is 55.0 cm³/mol. The van der Waals surface area contributed by atoms with E-state index in [2.05, 4.69) is 19.2 Å². The van der Waals surface area contributed by atoms with Gasteiger partial charge in [-0.15, -0.1) is 0 Å². The van der Waals surface area contributed by atoms with Crippen LogP contribution in [0.1, 0.15) is 26.7 Å². The lowest BCUT2D eigenvalue weighted by atomic mass is 10.2. The summed E-state index contributed by atoms with van der Waals surface area (Å²) in [7, 11) is 3.71. The molecule has 3 heteroatoms. The molecule has 13 heavy (non-hydrogen) atoms. The first-order chi connectivity index (χ1) is 6.20. The molecule has 0 aliphatic rings. The molecule has 1 atom stereocenters. The van der Waals surface area contributed by atoms with Gasteiger partial charge in [0.1, 0.15) is 0 Å². The van der Waals surface area contributed by atoms with Crippen molar-refractivity contribution in [3.05, 3.63) is 0 Å². The summed E-state index contributed by atoms with van der Waals surface area (Å²) in [6.45, 7) is 5.74. The van der Waals surface area contributed by atoms with Crippen LogP contribution in [0.15, 0.2) is 0 Å². The van der Waals surface area contributed by atoms with Crippen molar-refractivity contribution in [3.63, 3.8) is 0 Å². The zero-order valence-corrected chi connectivity index (χ0v) is 9.30. The van der Waals surface area contributed by atoms with Gasteiger partial charge in [0.25, 0.3) is 0 Å². The Morgan fingerprint density at radius 1 is 1.31 bits per heavy atom. The highest BCUT2D eigenvalue weighted by atomic mass is 16.5. The number of nitrogens with one attached hydrogen (secondary N) is 1. The largest absolute Gasteiger partial charge is 0.385 e. The first-order valence-electron chi connectivity index (χ1n) is 4.98. The topological polar surface area (TPSA) is 30.5 Å². The molecule has 0 fully saturated rings. The third-order valence-electron chi connectivity index (χ3n) is 1.94. The van der Waals surface area contributed by atoms with Crippen molar-refractivity contribution >= 4 is 0 Å². The minimum Gasteiger partial charge on any atom is -0.385 e. The van der Waals surface area contributed by atoms with Gasteiger partial charge in [0.15, 0.2) is 0 Å². The number of methoxy groups -OCH3 is 1. The van der Waals surface area contributed by atoms with Crippen LogP contribution in [0, 0.1) is 0 Å². The molecule has 0 aromatic heterocycles. The Labute approximate surface area is 81.8 Å². The summed E-state index contributed by atoms with van der Waals surface area (Å²) in [4.78, 5) is 0. The summed E-state index contributed by atoms with van der Waals surface area (Å²) in [6, 6.07) is 0.456. The van der Waals surface area contributed by atoms with Gasteiger partial charge in [0, 0.05) is 19.8 Å². The van der Waals surface area contributed by atoms with Crippen LogP contribution in [0.25, 0.3) is 0 Å². The maximum absolute atomic E-state index is 5.52. The van der Waals surface area contributed by atoms with Crippen molar-refractivity contribution in [2.45, 2.75) is 38.8 Å². The standard InChI is InChI=1S/C10H23NO2/c1-9(2)13-8-10(11-3)6-5-7-12-4/h9-11H,5-8H2,1-4H3. The van der Waals surface area contributed by atoms with E-state index in [-0.39, 0.29) is 0 Å². The molecule has 1 N–H and O–H groups in total. The molecule has 0 aliphatic heterocycles. The van der Waals surface area contributed by atoms with E-state index in [1.54, 1.807) is 7.11 Å². The second kappa shape index (κ2) is 8.48. The van der Waals surface area contributed by atoms with Crippen molar-refractivity contribution in [3.8, 4) is 0 Å². The van der Waals surface area contributed by atoms with Gasteiger partial charge >= 0.3 is 0 Å². The van der Waals surface area contributed by atoms with E-state index in [0.717, 1.165) is 26.1 Å². The van der Waals surface area contributed by atoms with Gasteiger partial charge in [-0.25, -0.2) is 0 Å². The Balaban J connectivity index is 3.39. The van der Waals surface area contributed by atoms with Crippen LogP contribution in [-0.4, -0.2) is 39.5 Å². The van der Waals surface area contributed by atoms with Gasteiger partial charge in [-0.3, -0.25) is 0 Å². The van der Waals surface area contributed by atoms with E-state index in [0.29, 0.717) is 12.1 Å². The van der Waals surface area contributed by atoms with Crippen LogP contribution in [0.2, 0.25) is 0 Å². The molecule has 0 aromatic rings. The van der Waals surface area contributed by atoms with E-state index in [1.165, 1.54) is 0 Å². The lowest BCUT2D eigenvalue weighted by molar-refractivity contribution is 0.0589. The summed E-state index contributed by atoms with van der Waals surface area (Å²) in [5.74, 6) is 0. The zero-order valence-electron chi connectivity index (χ0n) is 9.30. The number of likely N-dealkylation sites (N-methyl/N-ethyl adjacent to an activating group) is 1. The number of hydrogen-bond donors (Lipinski definition) is 1.